The molecule has 0 aliphatic rings. The van der Waals surface area contributed by atoms with Gasteiger partial charge in [0.05, 0.1) is 7.11 Å². The number of benzene rings is 1. The smallest absolute Gasteiger partial charge is 0.264 e. The van der Waals surface area contributed by atoms with E-state index in [4.69, 9.17) is 4.74 Å². The summed E-state index contributed by atoms with van der Waals surface area (Å²) in [6.45, 7) is 0. The molecule has 0 aliphatic carbocycles. The lowest BCUT2D eigenvalue weighted by atomic mass is 10.0. The molecule has 0 aliphatic heterocycles. The van der Waals surface area contributed by atoms with Gasteiger partial charge in [0.1, 0.15) is 12.0 Å². The molecule has 0 unspecified atom stereocenters. The number of methoxy groups -OCH3 is 1. The first-order valence-corrected chi connectivity index (χ1v) is 4.57. The maximum atomic E-state index is 12.6. The minimum atomic E-state index is -2.52. The number of alkyl halides is 2. The van der Waals surface area contributed by atoms with Gasteiger partial charge in [-0.05, 0) is 30.2 Å². The number of carbonyl (C=O) groups is 1. The van der Waals surface area contributed by atoms with E-state index in [0.717, 1.165) is 0 Å². The average molecular weight is 214 g/mol. The highest BCUT2D eigenvalue weighted by atomic mass is 19.3. The third kappa shape index (κ3) is 3.01. The average Bonchev–Trinajstić information content (AvgIpc) is 2.25. The second kappa shape index (κ2) is 5.44. The highest BCUT2D eigenvalue weighted by Gasteiger charge is 2.13. The second-order valence-corrected chi connectivity index (χ2v) is 3.07. The van der Waals surface area contributed by atoms with Crippen LogP contribution in [0.25, 0.3) is 0 Å². The molecule has 0 saturated heterocycles. The topological polar surface area (TPSA) is 26.3 Å². The van der Waals surface area contributed by atoms with E-state index >= 15 is 0 Å². The van der Waals surface area contributed by atoms with Crippen LogP contribution >= 0.6 is 0 Å². The number of aldehydes is 1. The number of rotatable bonds is 5. The zero-order valence-corrected chi connectivity index (χ0v) is 8.37. The number of aryl methyl sites for hydroxylation is 1. The third-order valence-corrected chi connectivity index (χ3v) is 2.12. The molecule has 0 amide bonds. The highest BCUT2D eigenvalue weighted by Crippen LogP contribution is 2.27. The van der Waals surface area contributed by atoms with Crippen molar-refractivity contribution in [1.82, 2.24) is 0 Å². The van der Waals surface area contributed by atoms with Crippen molar-refractivity contribution in [2.24, 2.45) is 0 Å². The lowest BCUT2D eigenvalue weighted by Crippen LogP contribution is -1.97. The van der Waals surface area contributed by atoms with Crippen LogP contribution in [0.3, 0.4) is 0 Å². The summed E-state index contributed by atoms with van der Waals surface area (Å²) in [5, 5.41) is 0. The number of halogens is 2. The molecule has 0 heterocycles. The Balaban J connectivity index is 2.99. The molecule has 82 valence electrons. The summed E-state index contributed by atoms with van der Waals surface area (Å²) in [5.41, 5.74) is 0.439. The summed E-state index contributed by atoms with van der Waals surface area (Å²) in [4.78, 5) is 10.2. The van der Waals surface area contributed by atoms with Crippen LogP contribution < -0.4 is 4.74 Å². The van der Waals surface area contributed by atoms with Crippen LogP contribution in [-0.2, 0) is 11.2 Å². The second-order valence-electron chi connectivity index (χ2n) is 3.07. The first-order chi connectivity index (χ1) is 7.19. The van der Waals surface area contributed by atoms with E-state index in [1.54, 1.807) is 6.07 Å². The highest BCUT2D eigenvalue weighted by molar-refractivity contribution is 5.51. The molecule has 15 heavy (non-hydrogen) atoms. The Kier molecular flexibility index (Phi) is 4.21. The van der Waals surface area contributed by atoms with Crippen molar-refractivity contribution in [3.8, 4) is 5.75 Å². The van der Waals surface area contributed by atoms with Crippen LogP contribution in [0.2, 0.25) is 0 Å². The van der Waals surface area contributed by atoms with Crippen molar-refractivity contribution in [1.29, 1.82) is 0 Å². The molecule has 0 N–H and O–H groups in total. The largest absolute Gasteiger partial charge is 0.497 e. The molecule has 0 atom stereocenters. The summed E-state index contributed by atoms with van der Waals surface area (Å²) in [7, 11) is 1.47. The molecular weight excluding hydrogens is 202 g/mol. The lowest BCUT2D eigenvalue weighted by molar-refractivity contribution is -0.107. The molecule has 0 radical (unpaired) electrons. The molecule has 0 saturated carbocycles. The van der Waals surface area contributed by atoms with E-state index in [0.29, 0.717) is 24.0 Å². The SMILES string of the molecule is COc1ccc(C(F)F)c(CCC=O)c1. The van der Waals surface area contributed by atoms with Gasteiger partial charge in [-0.15, -0.1) is 0 Å². The Labute approximate surface area is 86.9 Å². The summed E-state index contributed by atoms with van der Waals surface area (Å²) in [5.74, 6) is 0.528. The Morgan fingerprint density at radius 1 is 1.47 bits per heavy atom. The normalized spacial score (nSPS) is 10.4. The molecule has 1 aromatic rings. The van der Waals surface area contributed by atoms with E-state index in [9.17, 15) is 13.6 Å². The minimum absolute atomic E-state index is 0.0300. The van der Waals surface area contributed by atoms with Crippen molar-refractivity contribution in [3.63, 3.8) is 0 Å². The van der Waals surface area contributed by atoms with Crippen LogP contribution in [0.15, 0.2) is 18.2 Å². The van der Waals surface area contributed by atoms with Gasteiger partial charge in [0.15, 0.2) is 0 Å². The van der Waals surface area contributed by atoms with Gasteiger partial charge in [-0.3, -0.25) is 0 Å². The van der Waals surface area contributed by atoms with E-state index in [-0.39, 0.29) is 12.0 Å². The number of carbonyl (C=O) groups excluding carboxylic acids is 1. The number of hydrogen-bond acceptors (Lipinski definition) is 2. The van der Waals surface area contributed by atoms with Crippen molar-refractivity contribution in [2.75, 3.05) is 7.11 Å². The fourth-order valence-corrected chi connectivity index (χ4v) is 1.35. The van der Waals surface area contributed by atoms with Crippen molar-refractivity contribution < 1.29 is 18.3 Å². The van der Waals surface area contributed by atoms with Crippen LogP contribution in [0.5, 0.6) is 5.75 Å². The van der Waals surface area contributed by atoms with Crippen molar-refractivity contribution in [3.05, 3.63) is 29.3 Å². The fraction of sp³-hybridized carbons (Fsp3) is 0.364. The van der Waals surface area contributed by atoms with Gasteiger partial charge in [0.25, 0.3) is 6.43 Å². The molecule has 2 nitrogen and oxygen atoms in total. The van der Waals surface area contributed by atoms with Gasteiger partial charge >= 0.3 is 0 Å². The van der Waals surface area contributed by atoms with Crippen LogP contribution in [-0.4, -0.2) is 13.4 Å². The van der Waals surface area contributed by atoms with Crippen LogP contribution in [0, 0.1) is 0 Å². The molecule has 0 fully saturated rings. The zero-order chi connectivity index (χ0) is 11.3. The van der Waals surface area contributed by atoms with E-state index < -0.39 is 6.43 Å². The zero-order valence-electron chi connectivity index (χ0n) is 8.37. The molecular formula is C11H12F2O2. The van der Waals surface area contributed by atoms with E-state index in [2.05, 4.69) is 0 Å². The molecule has 1 aromatic carbocycles. The maximum Gasteiger partial charge on any atom is 0.264 e. The quantitative estimate of drug-likeness (QED) is 0.704. The van der Waals surface area contributed by atoms with Gasteiger partial charge in [0.2, 0.25) is 0 Å². The van der Waals surface area contributed by atoms with Gasteiger partial charge in [0, 0.05) is 12.0 Å². The summed E-state index contributed by atoms with van der Waals surface area (Å²) >= 11 is 0. The molecule has 0 spiro atoms. The third-order valence-electron chi connectivity index (χ3n) is 2.12. The van der Waals surface area contributed by atoms with Gasteiger partial charge in [-0.25, -0.2) is 8.78 Å². The van der Waals surface area contributed by atoms with E-state index in [1.807, 2.05) is 0 Å². The van der Waals surface area contributed by atoms with Gasteiger partial charge in [-0.2, -0.15) is 0 Å². The molecule has 0 bridgehead atoms. The number of ether oxygens (including phenoxy) is 1. The lowest BCUT2D eigenvalue weighted by Gasteiger charge is -2.09. The minimum Gasteiger partial charge on any atom is -0.497 e. The van der Waals surface area contributed by atoms with Crippen LogP contribution in [0.4, 0.5) is 8.78 Å². The van der Waals surface area contributed by atoms with Crippen molar-refractivity contribution in [2.45, 2.75) is 19.3 Å². The fourth-order valence-electron chi connectivity index (χ4n) is 1.35. The molecule has 1 rings (SSSR count). The Morgan fingerprint density at radius 2 is 2.20 bits per heavy atom. The first-order valence-electron chi connectivity index (χ1n) is 4.57. The van der Waals surface area contributed by atoms with Gasteiger partial charge in [-0.1, -0.05) is 0 Å². The predicted molar refractivity (Wildman–Crippen MR) is 52.3 cm³/mol. The van der Waals surface area contributed by atoms with Crippen molar-refractivity contribution >= 4 is 6.29 Å². The summed E-state index contributed by atoms with van der Waals surface area (Å²) < 4.78 is 30.1. The maximum absolute atomic E-state index is 12.6. The Morgan fingerprint density at radius 3 is 2.73 bits per heavy atom. The summed E-state index contributed by atoms with van der Waals surface area (Å²) in [6, 6.07) is 4.38. The Hall–Kier alpha value is -1.45. The molecule has 0 aromatic heterocycles. The number of hydrogen-bond donors (Lipinski definition) is 0. The van der Waals surface area contributed by atoms with Crippen LogP contribution in [0.1, 0.15) is 24.0 Å². The first kappa shape index (κ1) is 11.6. The predicted octanol–water partition coefficient (Wildman–Crippen LogP) is 2.76. The van der Waals surface area contributed by atoms with Gasteiger partial charge < -0.3 is 9.53 Å². The standard InChI is InChI=1S/C11H12F2O2/c1-15-9-4-5-10(11(12)13)8(7-9)3-2-6-14/h4-7,11H,2-3H2,1H3. The monoisotopic (exact) mass is 214 g/mol. The van der Waals surface area contributed by atoms with E-state index in [1.165, 1.54) is 19.2 Å². The molecule has 4 heteroatoms. The summed E-state index contributed by atoms with van der Waals surface area (Å²) in [6.07, 6.45) is -1.24. The Bertz CT molecular complexity index is 337.